The van der Waals surface area contributed by atoms with E-state index in [1.54, 1.807) is 43.6 Å². The fraction of sp³-hybridized carbons (Fsp3) is 0.0400. The molecular weight excluding hydrogens is 376 g/mol. The second-order valence-electron chi connectivity index (χ2n) is 6.73. The Kier molecular flexibility index (Phi) is 5.44. The average Bonchev–Trinajstić information content (AvgIpc) is 3.20. The normalized spacial score (nSPS) is 11.0. The molecule has 0 aliphatic carbocycles. The van der Waals surface area contributed by atoms with E-state index in [1.807, 2.05) is 54.6 Å². The molecule has 0 spiro atoms. The maximum Gasteiger partial charge on any atom is 0.330 e. The first-order chi connectivity index (χ1) is 14.6. The smallest absolute Gasteiger partial charge is 0.330 e. The van der Waals surface area contributed by atoms with Crippen LogP contribution in [0.2, 0.25) is 0 Å². The van der Waals surface area contributed by atoms with Crippen molar-refractivity contribution in [1.29, 1.82) is 0 Å². The Morgan fingerprint density at radius 3 is 2.47 bits per heavy atom. The molecule has 4 aromatic rings. The van der Waals surface area contributed by atoms with Crippen molar-refractivity contribution in [2.24, 2.45) is 0 Å². The van der Waals surface area contributed by atoms with E-state index in [4.69, 9.17) is 4.74 Å². The molecule has 0 amide bonds. The van der Waals surface area contributed by atoms with Gasteiger partial charge in [-0.15, -0.1) is 0 Å². The third-order valence-corrected chi connectivity index (χ3v) is 4.76. The molecule has 1 aromatic heterocycles. The van der Waals surface area contributed by atoms with E-state index in [0.29, 0.717) is 11.3 Å². The molecule has 0 aliphatic heterocycles. The molecule has 4 rings (SSSR count). The first kappa shape index (κ1) is 19.2. The number of aromatic nitrogens is 2. The van der Waals surface area contributed by atoms with E-state index in [-0.39, 0.29) is 11.5 Å². The van der Waals surface area contributed by atoms with E-state index < -0.39 is 0 Å². The van der Waals surface area contributed by atoms with Crippen molar-refractivity contribution in [3.63, 3.8) is 0 Å². The predicted molar refractivity (Wildman–Crippen MR) is 118 cm³/mol. The number of nitrogens with zero attached hydrogens (tertiary/aromatic N) is 1. The zero-order valence-corrected chi connectivity index (χ0v) is 16.4. The van der Waals surface area contributed by atoms with Gasteiger partial charge in [0.1, 0.15) is 5.75 Å². The number of carbonyl (C=O) groups excluding carboxylic acids is 1. The number of imidazole rings is 1. The molecule has 0 aliphatic rings. The molecule has 1 N–H and O–H groups in total. The van der Waals surface area contributed by atoms with Crippen molar-refractivity contribution in [2.45, 2.75) is 0 Å². The highest BCUT2D eigenvalue weighted by Crippen LogP contribution is 2.18. The highest BCUT2D eigenvalue weighted by molar-refractivity contribution is 6.07. The third-order valence-electron chi connectivity index (χ3n) is 4.76. The summed E-state index contributed by atoms with van der Waals surface area (Å²) in [7, 11) is 1.61. The van der Waals surface area contributed by atoms with E-state index in [0.717, 1.165) is 22.6 Å². The highest BCUT2D eigenvalue weighted by atomic mass is 16.5. The molecule has 0 saturated carbocycles. The average molecular weight is 396 g/mol. The summed E-state index contributed by atoms with van der Waals surface area (Å²) < 4.78 is 6.64. The molecule has 30 heavy (non-hydrogen) atoms. The molecule has 148 valence electrons. The number of allylic oxidation sites excluding steroid dienone is 1. The van der Waals surface area contributed by atoms with Crippen LogP contribution in [-0.4, -0.2) is 22.4 Å². The van der Waals surface area contributed by atoms with Gasteiger partial charge in [-0.25, -0.2) is 4.79 Å². The number of methoxy groups -OCH3 is 1. The van der Waals surface area contributed by atoms with Crippen molar-refractivity contribution in [3.8, 4) is 22.7 Å². The van der Waals surface area contributed by atoms with Crippen LogP contribution in [-0.2, 0) is 0 Å². The Morgan fingerprint density at radius 1 is 0.967 bits per heavy atom. The number of carbonyl (C=O) groups is 1. The summed E-state index contributed by atoms with van der Waals surface area (Å²) in [5.74, 6) is 0.623. The van der Waals surface area contributed by atoms with Crippen molar-refractivity contribution >= 4 is 11.9 Å². The summed E-state index contributed by atoms with van der Waals surface area (Å²) in [6.45, 7) is 0. The summed E-state index contributed by atoms with van der Waals surface area (Å²) in [5, 5.41) is 0. The third kappa shape index (κ3) is 4.15. The second kappa shape index (κ2) is 8.49. The lowest BCUT2D eigenvalue weighted by molar-refractivity contribution is 0.104. The topological polar surface area (TPSA) is 64.1 Å². The SMILES string of the molecule is COc1ccc(/C=C/C(=O)c2cccc(-n3cc(-c4ccccc4)[nH]c3=O)c2)cc1. The van der Waals surface area contributed by atoms with Gasteiger partial charge in [0, 0.05) is 11.8 Å². The Labute approximate surface area is 173 Å². The molecular formula is C25H20N2O3. The van der Waals surface area contributed by atoms with E-state index in [2.05, 4.69) is 4.98 Å². The Hall–Kier alpha value is -4.12. The summed E-state index contributed by atoms with van der Waals surface area (Å²) in [5.41, 5.74) is 3.41. The van der Waals surface area contributed by atoms with Crippen LogP contribution in [0, 0.1) is 0 Å². The largest absolute Gasteiger partial charge is 0.497 e. The monoisotopic (exact) mass is 396 g/mol. The fourth-order valence-corrected chi connectivity index (χ4v) is 3.14. The number of ether oxygens (including phenoxy) is 1. The number of rotatable bonds is 6. The van der Waals surface area contributed by atoms with Crippen LogP contribution >= 0.6 is 0 Å². The lowest BCUT2D eigenvalue weighted by Gasteiger charge is -2.03. The predicted octanol–water partition coefficient (Wildman–Crippen LogP) is 4.74. The molecule has 5 nitrogen and oxygen atoms in total. The summed E-state index contributed by atoms with van der Waals surface area (Å²) in [6.07, 6.45) is 5.02. The first-order valence-corrected chi connectivity index (χ1v) is 9.48. The van der Waals surface area contributed by atoms with Gasteiger partial charge in [0.15, 0.2) is 5.78 Å². The molecule has 0 unspecified atom stereocenters. The maximum atomic E-state index is 12.6. The van der Waals surface area contributed by atoms with Crippen molar-refractivity contribution < 1.29 is 9.53 Å². The Bertz CT molecular complexity index is 1250. The number of nitrogens with one attached hydrogen (secondary N) is 1. The van der Waals surface area contributed by atoms with Gasteiger partial charge in [-0.3, -0.25) is 9.36 Å². The number of aromatic amines is 1. The van der Waals surface area contributed by atoms with Crippen LogP contribution in [0.25, 0.3) is 23.0 Å². The number of benzene rings is 3. The minimum absolute atomic E-state index is 0.139. The minimum atomic E-state index is -0.257. The van der Waals surface area contributed by atoms with Crippen molar-refractivity contribution in [3.05, 3.63) is 113 Å². The fourth-order valence-electron chi connectivity index (χ4n) is 3.14. The molecule has 0 saturated heterocycles. The van der Waals surface area contributed by atoms with Gasteiger partial charge in [-0.05, 0) is 41.5 Å². The van der Waals surface area contributed by atoms with Crippen LogP contribution in [0.4, 0.5) is 0 Å². The van der Waals surface area contributed by atoms with Gasteiger partial charge < -0.3 is 9.72 Å². The van der Waals surface area contributed by atoms with Crippen molar-refractivity contribution in [2.75, 3.05) is 7.11 Å². The molecule has 1 heterocycles. The highest BCUT2D eigenvalue weighted by Gasteiger charge is 2.09. The standard InChI is InChI=1S/C25H20N2O3/c1-30-22-13-10-18(11-14-22)12-15-24(28)20-8-5-9-21(16-20)27-17-23(26-25(27)29)19-6-3-2-4-7-19/h2-17H,1H3,(H,26,29)/b15-12+. The van der Waals surface area contributed by atoms with Gasteiger partial charge >= 0.3 is 5.69 Å². The number of ketones is 1. The zero-order chi connectivity index (χ0) is 20.9. The molecule has 3 aromatic carbocycles. The lowest BCUT2D eigenvalue weighted by Crippen LogP contribution is -2.14. The lowest BCUT2D eigenvalue weighted by atomic mass is 10.1. The molecule has 0 atom stereocenters. The Morgan fingerprint density at radius 2 is 1.73 bits per heavy atom. The van der Waals surface area contributed by atoms with Gasteiger partial charge in [-0.2, -0.15) is 0 Å². The molecule has 5 heteroatoms. The van der Waals surface area contributed by atoms with Gasteiger partial charge in [0.05, 0.1) is 18.5 Å². The maximum absolute atomic E-state index is 12.6. The molecule has 0 fully saturated rings. The summed E-state index contributed by atoms with van der Waals surface area (Å²) >= 11 is 0. The van der Waals surface area contributed by atoms with Crippen LogP contribution in [0.5, 0.6) is 5.75 Å². The van der Waals surface area contributed by atoms with Crippen LogP contribution in [0.15, 0.2) is 95.9 Å². The summed E-state index contributed by atoms with van der Waals surface area (Å²) in [6, 6.07) is 24.1. The van der Waals surface area contributed by atoms with E-state index >= 15 is 0 Å². The van der Waals surface area contributed by atoms with E-state index in [1.165, 1.54) is 10.6 Å². The number of H-pyrrole nitrogens is 1. The summed E-state index contributed by atoms with van der Waals surface area (Å²) in [4.78, 5) is 27.9. The molecule has 0 radical (unpaired) electrons. The number of hydrogen-bond acceptors (Lipinski definition) is 3. The van der Waals surface area contributed by atoms with Crippen LogP contribution in [0.1, 0.15) is 15.9 Å². The van der Waals surface area contributed by atoms with Gasteiger partial charge in [0.2, 0.25) is 0 Å². The number of hydrogen-bond donors (Lipinski definition) is 1. The minimum Gasteiger partial charge on any atom is -0.497 e. The van der Waals surface area contributed by atoms with Crippen LogP contribution in [0.3, 0.4) is 0 Å². The van der Waals surface area contributed by atoms with E-state index in [9.17, 15) is 9.59 Å². The van der Waals surface area contributed by atoms with Crippen molar-refractivity contribution in [1.82, 2.24) is 9.55 Å². The zero-order valence-electron chi connectivity index (χ0n) is 16.4. The molecule has 0 bridgehead atoms. The van der Waals surface area contributed by atoms with Gasteiger partial charge in [-0.1, -0.05) is 60.7 Å². The Balaban J connectivity index is 1.58. The van der Waals surface area contributed by atoms with Crippen LogP contribution < -0.4 is 10.4 Å². The quantitative estimate of drug-likeness (QED) is 0.378. The van der Waals surface area contributed by atoms with Gasteiger partial charge in [0.25, 0.3) is 0 Å². The first-order valence-electron chi connectivity index (χ1n) is 9.48. The second-order valence-corrected chi connectivity index (χ2v) is 6.73.